The number of halogens is 4. The number of carboxylic acids is 2. The molecule has 698 valence electrons. The summed E-state index contributed by atoms with van der Waals surface area (Å²) in [4.78, 5) is 82.3. The van der Waals surface area contributed by atoms with Gasteiger partial charge in [-0.2, -0.15) is 24.9 Å². The zero-order chi connectivity index (χ0) is 97.1. The van der Waals surface area contributed by atoms with E-state index in [1.807, 2.05) is 213 Å². The molecule has 140 heavy (non-hydrogen) atoms. The van der Waals surface area contributed by atoms with Gasteiger partial charge in [0.1, 0.15) is 11.6 Å². The number of methoxy groups -OCH3 is 1. The van der Waals surface area contributed by atoms with Gasteiger partial charge in [0.25, 0.3) is 11.8 Å². The van der Waals surface area contributed by atoms with Gasteiger partial charge < -0.3 is 62.6 Å². The van der Waals surface area contributed by atoms with Gasteiger partial charge in [0, 0.05) is 152 Å². The molecule has 1 saturated heterocycles. The molecule has 20 aromatic rings. The second-order valence-corrected chi connectivity index (χ2v) is 32.5. The summed E-state index contributed by atoms with van der Waals surface area (Å²) in [6.45, 7) is 4.77. The van der Waals surface area contributed by atoms with Gasteiger partial charge in [-0.25, -0.2) is 36.6 Å². The van der Waals surface area contributed by atoms with E-state index in [1.165, 1.54) is 36.4 Å². The number of nitrogens with two attached hydrogens (primary N) is 1. The molecular formula is C103H84Cl3FN24O9. The lowest BCUT2D eigenvalue weighted by Gasteiger charge is -2.26. The van der Waals surface area contributed by atoms with Gasteiger partial charge in [0.2, 0.25) is 35.6 Å². The Labute approximate surface area is 812 Å². The van der Waals surface area contributed by atoms with E-state index in [4.69, 9.17) is 60.2 Å². The summed E-state index contributed by atoms with van der Waals surface area (Å²) in [6, 6.07) is 90.1. The summed E-state index contributed by atoms with van der Waals surface area (Å²) in [5, 5.41) is 63.4. The van der Waals surface area contributed by atoms with E-state index in [1.54, 1.807) is 122 Å². The zero-order valence-corrected chi connectivity index (χ0v) is 76.8. The smallest absolute Gasteiger partial charge is 0.335 e. The number of amides is 3. The van der Waals surface area contributed by atoms with Crippen LogP contribution in [-0.2, 0) is 4.74 Å². The number of carboxylic acid groups (broad SMARTS) is 2. The van der Waals surface area contributed by atoms with Gasteiger partial charge in [0.15, 0.2) is 28.2 Å². The fourth-order valence-corrected chi connectivity index (χ4v) is 15.5. The lowest BCUT2D eigenvalue weighted by atomic mass is 10.1. The van der Waals surface area contributed by atoms with Gasteiger partial charge in [-0.1, -0.05) is 95.5 Å². The van der Waals surface area contributed by atoms with Gasteiger partial charge >= 0.3 is 11.9 Å². The number of anilines is 10. The summed E-state index contributed by atoms with van der Waals surface area (Å²) in [6.07, 6.45) is 9.11. The first kappa shape index (κ1) is 94.0. The van der Waals surface area contributed by atoms with E-state index < -0.39 is 17.8 Å². The number of hydrogen-bond acceptors (Lipinski definition) is 23. The normalized spacial score (nSPS) is 11.6. The number of aromatic carboxylic acids is 2. The minimum atomic E-state index is -0.984. The number of benzene rings is 10. The van der Waals surface area contributed by atoms with Gasteiger partial charge in [-0.15, -0.1) is 25.5 Å². The first-order valence-corrected chi connectivity index (χ1v) is 44.6. The summed E-state index contributed by atoms with van der Waals surface area (Å²) >= 11 is 18.4. The number of fused-ring (bicyclic) bond motifs is 5. The summed E-state index contributed by atoms with van der Waals surface area (Å²) < 4.78 is 32.6. The van der Waals surface area contributed by atoms with Gasteiger partial charge in [0.05, 0.1) is 31.5 Å². The number of aromatic nitrogens is 15. The molecule has 0 spiro atoms. The van der Waals surface area contributed by atoms with Crippen molar-refractivity contribution in [2.75, 3.05) is 80.1 Å². The number of carbonyl (C=O) groups excluding carboxylic acids is 3. The molecular weight excluding hydrogens is 1840 g/mol. The fourth-order valence-electron chi connectivity index (χ4n) is 14.9. The third-order valence-corrected chi connectivity index (χ3v) is 22.5. The lowest BCUT2D eigenvalue weighted by Crippen LogP contribution is -2.41. The maximum Gasteiger partial charge on any atom is 0.335 e. The molecule has 1 fully saturated rings. The lowest BCUT2D eigenvalue weighted by molar-refractivity contribution is 0.0383. The van der Waals surface area contributed by atoms with Crippen LogP contribution in [0.15, 0.2) is 334 Å². The van der Waals surface area contributed by atoms with E-state index in [2.05, 4.69) is 92.5 Å². The van der Waals surface area contributed by atoms with Crippen molar-refractivity contribution < 1.29 is 48.0 Å². The standard InChI is InChI=1S/C25H25ClN6O2.C20H16ClN5O.C20H16N4O3.C19H14ClN5O.C19H13FN4O2/c26-20-4-1-3-19(17-20)22-5-2-11-32-23(22)29-25(30-32)28-21-8-6-18(7-9-21)24(33)27-10-12-31-13-15-34-16-14-31;1-22-19(27)13-7-9-16(10-8-13)23-20-24-18-17(6-3-11-26(18)25-20)14-4-2-5-15(21)12-14;1-27-16-5-2-4-14(12-16)17-6-3-11-24-18(17)22-20(23-24)21-15-9-7-13(8-10-15)19(25)26;20-14-4-1-3-13(11-14)16-5-2-10-25-18(16)23-19(24-25)22-15-8-6-12(7-9-15)17(21)26;20-14-4-1-3-13(11-14)16-5-2-10-24-17(16)22-19(23-24)21-15-8-6-12(7-9-15)18(25)26/h1-9,11,17H,10,12-16H2,(H,27,33)(H,28,30);2-12H,1H3,(H,22,27)(H,23,25);2-12H,1H3,(H,21,23)(H,25,26);1-11H,(H2,21,26)(H,22,24);1-11H,(H,21,23)(H,25,26). The number of primary amides is 1. The highest BCUT2D eigenvalue weighted by Gasteiger charge is 2.20. The molecule has 10 aromatic carbocycles. The van der Waals surface area contributed by atoms with Crippen LogP contribution in [0.5, 0.6) is 5.75 Å². The molecule has 0 atom stereocenters. The van der Waals surface area contributed by atoms with Crippen molar-refractivity contribution in [3.63, 3.8) is 0 Å². The van der Waals surface area contributed by atoms with Crippen LogP contribution in [-0.4, -0.2) is 171 Å². The van der Waals surface area contributed by atoms with Crippen molar-refractivity contribution in [1.82, 2.24) is 88.5 Å². The number of ether oxygens (including phenoxy) is 2. The molecule has 0 bridgehead atoms. The Bertz CT molecular complexity index is 7700. The number of carbonyl (C=O) groups is 5. The first-order valence-electron chi connectivity index (χ1n) is 43.5. The van der Waals surface area contributed by atoms with Crippen molar-refractivity contribution in [1.29, 1.82) is 0 Å². The van der Waals surface area contributed by atoms with Crippen LogP contribution in [0, 0.1) is 5.82 Å². The van der Waals surface area contributed by atoms with E-state index >= 15 is 0 Å². The number of nitrogens with one attached hydrogen (secondary N) is 7. The minimum absolute atomic E-state index is 0.0863. The van der Waals surface area contributed by atoms with E-state index in [-0.39, 0.29) is 28.8 Å². The van der Waals surface area contributed by atoms with Crippen molar-refractivity contribution in [3.05, 3.63) is 383 Å². The Morgan fingerprint density at radius 1 is 0.371 bits per heavy atom. The largest absolute Gasteiger partial charge is 0.497 e. The fraction of sp³-hybridized carbons (Fsp3) is 0.0777. The summed E-state index contributed by atoms with van der Waals surface area (Å²) in [7, 11) is 3.24. The van der Waals surface area contributed by atoms with Crippen molar-refractivity contribution in [3.8, 4) is 61.4 Å². The van der Waals surface area contributed by atoms with Crippen LogP contribution in [0.2, 0.25) is 15.1 Å². The number of pyridine rings is 5. The van der Waals surface area contributed by atoms with E-state index in [0.717, 1.165) is 117 Å². The minimum Gasteiger partial charge on any atom is -0.497 e. The molecule has 37 heteroatoms. The van der Waals surface area contributed by atoms with Crippen LogP contribution >= 0.6 is 34.8 Å². The second-order valence-electron chi connectivity index (χ2n) is 31.2. The molecule has 0 unspecified atom stereocenters. The predicted molar refractivity (Wildman–Crippen MR) is 538 cm³/mol. The number of morpholine rings is 1. The van der Waals surface area contributed by atoms with Crippen LogP contribution < -0.4 is 47.7 Å². The zero-order valence-electron chi connectivity index (χ0n) is 74.5. The van der Waals surface area contributed by atoms with E-state index in [9.17, 15) is 28.4 Å². The number of nitrogens with zero attached hydrogens (tertiary/aromatic N) is 16. The third-order valence-electron chi connectivity index (χ3n) is 21.8. The van der Waals surface area contributed by atoms with Crippen molar-refractivity contribution >= 4 is 151 Å². The molecule has 1 aliphatic heterocycles. The quantitative estimate of drug-likeness (QED) is 0.0269. The Morgan fingerprint density at radius 2 is 0.664 bits per heavy atom. The molecule has 1 aliphatic rings. The van der Waals surface area contributed by atoms with E-state index in [0.29, 0.717) is 102 Å². The van der Waals surface area contributed by atoms with Gasteiger partial charge in [-0.05, 0) is 270 Å². The molecule has 0 aliphatic carbocycles. The predicted octanol–water partition coefficient (Wildman–Crippen LogP) is 19.7. The Kier molecular flexibility index (Phi) is 29.3. The Morgan fingerprint density at radius 3 is 0.964 bits per heavy atom. The monoisotopic (exact) mass is 1920 g/mol. The van der Waals surface area contributed by atoms with Crippen molar-refractivity contribution in [2.24, 2.45) is 5.73 Å². The molecule has 0 saturated carbocycles. The highest BCUT2D eigenvalue weighted by Crippen LogP contribution is 2.35. The number of hydrogen-bond donors (Lipinski definition) is 10. The molecule has 21 rings (SSSR count). The summed E-state index contributed by atoms with van der Waals surface area (Å²) in [5.41, 5.74) is 23.6. The molecule has 10 aromatic heterocycles. The first-order chi connectivity index (χ1) is 68.1. The SMILES string of the molecule is CNC(=O)c1ccc(Nc2nc3c(-c4cccc(Cl)c4)cccn3n2)cc1.COc1cccc(-c2cccn3nc(Nc4ccc(C(=O)O)cc4)nc23)c1.NC(=O)c1ccc(Nc2nc3c(-c4cccc(Cl)c4)cccn3n2)cc1.O=C(NCCN1CCOCC1)c1ccc(Nc2nc3c(-c4cccc(Cl)c4)cccn3n2)cc1.O=C(O)c1ccc(Nc2nc3c(-c4cccc(F)c4)cccn3n2)cc1. The maximum atomic E-state index is 13.5. The summed E-state index contributed by atoms with van der Waals surface area (Å²) in [5.74, 6) is -0.000712. The highest BCUT2D eigenvalue weighted by molar-refractivity contribution is 6.31. The van der Waals surface area contributed by atoms with Crippen LogP contribution in [0.1, 0.15) is 51.8 Å². The maximum absolute atomic E-state index is 13.5. The van der Waals surface area contributed by atoms with Gasteiger partial charge in [-0.3, -0.25) is 19.3 Å². The van der Waals surface area contributed by atoms with Crippen molar-refractivity contribution in [2.45, 2.75) is 0 Å². The molecule has 33 nitrogen and oxygen atoms in total. The molecule has 3 amide bonds. The second kappa shape index (κ2) is 43.7. The van der Waals surface area contributed by atoms with Crippen LogP contribution in [0.25, 0.3) is 83.9 Å². The average Bonchev–Trinajstić information content (AvgIpc) is 1.66. The topological polar surface area (TPSA) is 409 Å². The molecule has 0 radical (unpaired) electrons. The number of rotatable bonds is 24. The highest BCUT2D eigenvalue weighted by atomic mass is 35.5. The molecule has 11 heterocycles. The third kappa shape index (κ3) is 23.4. The molecule has 11 N–H and O–H groups in total. The van der Waals surface area contributed by atoms with Crippen LogP contribution in [0.4, 0.5) is 62.6 Å². The Balaban J connectivity index is 0.000000121. The Hall–Kier alpha value is -17.8. The van der Waals surface area contributed by atoms with Crippen LogP contribution in [0.3, 0.4) is 0 Å². The average molecular weight is 1930 g/mol.